The van der Waals surface area contributed by atoms with Gasteiger partial charge in [0, 0.05) is 32.6 Å². The minimum absolute atomic E-state index is 0.251. The molecule has 2 aromatic carbocycles. The summed E-state index contributed by atoms with van der Waals surface area (Å²) in [5, 5.41) is 11.8. The van der Waals surface area contributed by atoms with Gasteiger partial charge >= 0.3 is 0 Å². The number of furan rings is 1. The Morgan fingerprint density at radius 2 is 1.85 bits per heavy atom. The lowest BCUT2D eigenvalue weighted by molar-refractivity contribution is 0.0909. The Balaban J connectivity index is 1.22. The minimum Gasteiger partial charge on any atom is -0.459 e. The number of hydrogen-bond donors (Lipinski definition) is 1. The number of nitrogens with zero attached hydrogens (tertiary/aromatic N) is 4. The number of aromatic nitrogens is 3. The summed E-state index contributed by atoms with van der Waals surface area (Å²) in [6.45, 7) is 7.58. The molecule has 0 bridgehead atoms. The Hall–Kier alpha value is -3.71. The highest BCUT2D eigenvalue weighted by molar-refractivity contribution is 5.91. The van der Waals surface area contributed by atoms with Gasteiger partial charge < -0.3 is 14.3 Å². The quantitative estimate of drug-likeness (QED) is 0.467. The average molecular weight is 456 g/mol. The van der Waals surface area contributed by atoms with E-state index in [1.54, 1.807) is 12.1 Å². The normalized spacial score (nSPS) is 14.9. The zero-order chi connectivity index (χ0) is 23.5. The van der Waals surface area contributed by atoms with Crippen LogP contribution >= 0.6 is 0 Å². The summed E-state index contributed by atoms with van der Waals surface area (Å²) >= 11 is 0. The summed E-state index contributed by atoms with van der Waals surface area (Å²) in [5.41, 5.74) is 5.12. The van der Waals surface area contributed by atoms with Crippen molar-refractivity contribution in [2.45, 2.75) is 39.4 Å². The summed E-state index contributed by atoms with van der Waals surface area (Å²) in [5.74, 6) is 1.78. The van der Waals surface area contributed by atoms with Crippen molar-refractivity contribution in [2.24, 2.45) is 0 Å². The molecule has 7 heteroatoms. The lowest BCUT2D eigenvalue weighted by Crippen LogP contribution is -2.30. The van der Waals surface area contributed by atoms with E-state index in [0.29, 0.717) is 5.76 Å². The number of carbonyl (C=O) groups excluding carboxylic acids is 1. The molecule has 2 aromatic heterocycles. The largest absolute Gasteiger partial charge is 0.459 e. The fourth-order valence-corrected chi connectivity index (χ4v) is 4.55. The van der Waals surface area contributed by atoms with Gasteiger partial charge in [-0.2, -0.15) is 0 Å². The van der Waals surface area contributed by atoms with E-state index >= 15 is 0 Å². The Labute approximate surface area is 199 Å². The molecule has 0 aliphatic carbocycles. The lowest BCUT2D eigenvalue weighted by Gasteiger charge is -2.20. The van der Waals surface area contributed by atoms with Crippen LogP contribution in [-0.4, -0.2) is 38.7 Å². The van der Waals surface area contributed by atoms with E-state index in [2.05, 4.69) is 80.4 Å². The standard InChI is InChI=1S/C27H29N5O2/c1-19-6-3-4-7-23(19)22-11-9-21(10-12-22)18-31-14-13-25-29-30-26(32(25)16-15-31)20(2)28-27(33)24-8-5-17-34-24/h3-12,17,20H,13-16,18H2,1-2H3,(H,28,33)/t20-/m1/s1. The van der Waals surface area contributed by atoms with Crippen LogP contribution in [0.5, 0.6) is 0 Å². The topological polar surface area (TPSA) is 76.2 Å². The van der Waals surface area contributed by atoms with Gasteiger partial charge in [-0.05, 0) is 48.2 Å². The maximum absolute atomic E-state index is 12.4. The summed E-state index contributed by atoms with van der Waals surface area (Å²) in [6.07, 6.45) is 2.32. The second-order valence-electron chi connectivity index (χ2n) is 8.84. The second-order valence-corrected chi connectivity index (χ2v) is 8.84. The molecule has 4 aromatic rings. The fourth-order valence-electron chi connectivity index (χ4n) is 4.55. The first-order chi connectivity index (χ1) is 16.6. The van der Waals surface area contributed by atoms with Crippen LogP contribution in [-0.2, 0) is 19.5 Å². The maximum atomic E-state index is 12.4. The summed E-state index contributed by atoms with van der Waals surface area (Å²) < 4.78 is 7.34. The Morgan fingerprint density at radius 1 is 1.03 bits per heavy atom. The molecule has 1 aliphatic heterocycles. The Morgan fingerprint density at radius 3 is 2.62 bits per heavy atom. The zero-order valence-corrected chi connectivity index (χ0v) is 19.6. The predicted molar refractivity (Wildman–Crippen MR) is 130 cm³/mol. The SMILES string of the molecule is Cc1ccccc1-c1ccc(CN2CCc3nnc([C@@H](C)NC(=O)c4ccco4)n3CC2)cc1. The van der Waals surface area contributed by atoms with Crippen LogP contribution in [0.3, 0.4) is 0 Å². The van der Waals surface area contributed by atoms with E-state index in [1.165, 1.54) is 28.5 Å². The summed E-state index contributed by atoms with van der Waals surface area (Å²) in [7, 11) is 0. The molecule has 0 saturated carbocycles. The molecule has 174 valence electrons. The number of rotatable bonds is 6. The predicted octanol–water partition coefficient (Wildman–Crippen LogP) is 4.40. The van der Waals surface area contributed by atoms with Crippen LogP contribution in [0, 0.1) is 6.92 Å². The number of aryl methyl sites for hydroxylation is 1. The van der Waals surface area contributed by atoms with Gasteiger partial charge in [0.15, 0.2) is 11.6 Å². The number of benzene rings is 2. The van der Waals surface area contributed by atoms with Crippen LogP contribution in [0.1, 0.15) is 46.3 Å². The van der Waals surface area contributed by atoms with Crippen molar-refractivity contribution in [3.05, 3.63) is 95.5 Å². The molecule has 0 unspecified atom stereocenters. The van der Waals surface area contributed by atoms with Gasteiger partial charge in [-0.15, -0.1) is 10.2 Å². The average Bonchev–Trinajstić information content (AvgIpc) is 3.48. The molecule has 34 heavy (non-hydrogen) atoms. The van der Waals surface area contributed by atoms with Gasteiger partial charge in [0.05, 0.1) is 12.3 Å². The van der Waals surface area contributed by atoms with Crippen LogP contribution < -0.4 is 5.32 Å². The monoisotopic (exact) mass is 455 g/mol. The molecule has 1 N–H and O–H groups in total. The molecule has 1 amide bonds. The lowest BCUT2D eigenvalue weighted by atomic mass is 9.99. The maximum Gasteiger partial charge on any atom is 0.287 e. The molecule has 5 rings (SSSR count). The molecule has 0 spiro atoms. The molecule has 0 radical (unpaired) electrons. The van der Waals surface area contributed by atoms with E-state index in [4.69, 9.17) is 4.42 Å². The molecular weight excluding hydrogens is 426 g/mol. The van der Waals surface area contributed by atoms with Gasteiger partial charge in [0.2, 0.25) is 0 Å². The summed E-state index contributed by atoms with van der Waals surface area (Å²) in [6, 6.07) is 20.5. The highest BCUT2D eigenvalue weighted by atomic mass is 16.3. The van der Waals surface area contributed by atoms with E-state index in [1.807, 2.05) is 6.92 Å². The fraction of sp³-hybridized carbons (Fsp3) is 0.296. The third-order valence-electron chi connectivity index (χ3n) is 6.44. The van der Waals surface area contributed by atoms with Gasteiger partial charge in [0.25, 0.3) is 5.91 Å². The number of amides is 1. The third kappa shape index (κ3) is 4.65. The van der Waals surface area contributed by atoms with E-state index < -0.39 is 0 Å². The van der Waals surface area contributed by atoms with Crippen molar-refractivity contribution < 1.29 is 9.21 Å². The molecular formula is C27H29N5O2. The Kier molecular flexibility index (Phi) is 6.27. The number of hydrogen-bond acceptors (Lipinski definition) is 5. The van der Waals surface area contributed by atoms with Crippen molar-refractivity contribution in [3.8, 4) is 11.1 Å². The van der Waals surface area contributed by atoms with Crippen molar-refractivity contribution >= 4 is 5.91 Å². The van der Waals surface area contributed by atoms with Crippen LogP contribution in [0.25, 0.3) is 11.1 Å². The van der Waals surface area contributed by atoms with Gasteiger partial charge in [-0.25, -0.2) is 0 Å². The molecule has 3 heterocycles. The van der Waals surface area contributed by atoms with Gasteiger partial charge in [-0.1, -0.05) is 48.5 Å². The van der Waals surface area contributed by atoms with Crippen molar-refractivity contribution in [1.29, 1.82) is 0 Å². The first kappa shape index (κ1) is 22.1. The molecule has 0 fully saturated rings. The molecule has 1 aliphatic rings. The number of carbonyl (C=O) groups is 1. The first-order valence-electron chi connectivity index (χ1n) is 11.7. The van der Waals surface area contributed by atoms with E-state index in [-0.39, 0.29) is 11.9 Å². The van der Waals surface area contributed by atoms with Gasteiger partial charge in [0.1, 0.15) is 5.82 Å². The van der Waals surface area contributed by atoms with Crippen molar-refractivity contribution in [1.82, 2.24) is 25.0 Å². The minimum atomic E-state index is -0.264. The van der Waals surface area contributed by atoms with Crippen molar-refractivity contribution in [2.75, 3.05) is 13.1 Å². The zero-order valence-electron chi connectivity index (χ0n) is 19.6. The summed E-state index contributed by atoms with van der Waals surface area (Å²) in [4.78, 5) is 14.8. The first-order valence-corrected chi connectivity index (χ1v) is 11.7. The number of nitrogens with one attached hydrogen (secondary N) is 1. The molecule has 0 saturated heterocycles. The van der Waals surface area contributed by atoms with Crippen LogP contribution in [0.2, 0.25) is 0 Å². The third-order valence-corrected chi connectivity index (χ3v) is 6.44. The van der Waals surface area contributed by atoms with E-state index in [0.717, 1.165) is 44.2 Å². The molecule has 7 nitrogen and oxygen atoms in total. The second kappa shape index (κ2) is 9.65. The molecule has 1 atom stereocenters. The Bertz CT molecular complexity index is 1260. The highest BCUT2D eigenvalue weighted by Gasteiger charge is 2.23. The van der Waals surface area contributed by atoms with E-state index in [9.17, 15) is 4.79 Å². The van der Waals surface area contributed by atoms with Crippen molar-refractivity contribution in [3.63, 3.8) is 0 Å². The van der Waals surface area contributed by atoms with Gasteiger partial charge in [-0.3, -0.25) is 9.69 Å². The number of fused-ring (bicyclic) bond motifs is 1. The van der Waals surface area contributed by atoms with Crippen LogP contribution in [0.4, 0.5) is 0 Å². The van der Waals surface area contributed by atoms with Crippen LogP contribution in [0.15, 0.2) is 71.3 Å². The smallest absolute Gasteiger partial charge is 0.287 e. The highest BCUT2D eigenvalue weighted by Crippen LogP contribution is 2.24.